The summed E-state index contributed by atoms with van der Waals surface area (Å²) in [7, 11) is 0. The van der Waals surface area contributed by atoms with Crippen LogP contribution in [0.4, 0.5) is 19.1 Å². The molecule has 32 heavy (non-hydrogen) atoms. The zero-order valence-corrected chi connectivity index (χ0v) is 18.0. The van der Waals surface area contributed by atoms with Crippen LogP contribution in [-0.4, -0.2) is 33.3 Å². The molecule has 0 aliphatic rings. The van der Waals surface area contributed by atoms with Crippen LogP contribution in [0.2, 0.25) is 0 Å². The minimum absolute atomic E-state index is 0.113. The summed E-state index contributed by atoms with van der Waals surface area (Å²) in [6, 6.07) is 12.6. The number of nitrogens with zero attached hydrogens (tertiary/aromatic N) is 2. The van der Waals surface area contributed by atoms with Gasteiger partial charge in [0.1, 0.15) is 6.04 Å². The highest BCUT2D eigenvalue weighted by Gasteiger charge is 2.44. The van der Waals surface area contributed by atoms with Crippen molar-refractivity contribution in [3.8, 4) is 17.1 Å². The van der Waals surface area contributed by atoms with Crippen molar-refractivity contribution >= 4 is 27.8 Å². The van der Waals surface area contributed by atoms with Crippen molar-refractivity contribution in [1.29, 1.82) is 0 Å². The van der Waals surface area contributed by atoms with E-state index in [1.807, 2.05) is 0 Å². The second-order valence-electron chi connectivity index (χ2n) is 6.86. The second-order valence-corrected chi connectivity index (χ2v) is 7.71. The van der Waals surface area contributed by atoms with E-state index in [2.05, 4.69) is 25.9 Å². The second kappa shape index (κ2) is 9.53. The fourth-order valence-electron chi connectivity index (χ4n) is 2.92. The third-order valence-electron chi connectivity index (χ3n) is 4.47. The number of hydrogen-bond donors (Lipinski definition) is 3. The molecule has 2 atom stereocenters. The number of carboxylic acids is 1. The molecule has 0 saturated carbocycles. The zero-order chi connectivity index (χ0) is 23.5. The molecule has 7 nitrogen and oxygen atoms in total. The number of carbonyl (C=O) groups is 1. The Morgan fingerprint density at radius 3 is 2.38 bits per heavy atom. The Morgan fingerprint density at radius 2 is 1.78 bits per heavy atom. The number of carboxylic acid groups (broad SMARTS) is 1. The van der Waals surface area contributed by atoms with Gasteiger partial charge in [0.15, 0.2) is 0 Å². The Bertz CT molecular complexity index is 1110. The third kappa shape index (κ3) is 5.74. The van der Waals surface area contributed by atoms with Crippen LogP contribution in [0.15, 0.2) is 59.1 Å². The average molecular weight is 511 g/mol. The lowest BCUT2D eigenvalue weighted by Crippen LogP contribution is -2.32. The molecule has 0 fully saturated rings. The van der Waals surface area contributed by atoms with Gasteiger partial charge >= 0.3 is 12.1 Å². The van der Waals surface area contributed by atoms with Gasteiger partial charge in [-0.2, -0.15) is 18.2 Å². The number of alkyl halides is 3. The molecule has 1 aromatic heterocycles. The highest BCUT2D eigenvalue weighted by atomic mass is 79.9. The first-order valence-corrected chi connectivity index (χ1v) is 10.0. The molecule has 0 saturated heterocycles. The van der Waals surface area contributed by atoms with Crippen molar-refractivity contribution in [3.63, 3.8) is 0 Å². The van der Waals surface area contributed by atoms with E-state index >= 15 is 0 Å². The van der Waals surface area contributed by atoms with Gasteiger partial charge in [-0.15, -0.1) is 0 Å². The Balaban J connectivity index is 1.90. The quantitative estimate of drug-likeness (QED) is 0.436. The molecule has 0 spiro atoms. The van der Waals surface area contributed by atoms with Crippen LogP contribution in [-0.2, 0) is 11.2 Å². The van der Waals surface area contributed by atoms with E-state index < -0.39 is 24.3 Å². The number of rotatable bonds is 7. The van der Waals surface area contributed by atoms with E-state index in [4.69, 9.17) is 21.3 Å². The number of ether oxygens (including phenoxy) is 1. The highest BCUT2D eigenvalue weighted by molar-refractivity contribution is 9.10. The predicted octanol–water partition coefficient (Wildman–Crippen LogP) is 4.13. The molecule has 3 rings (SSSR count). The predicted molar refractivity (Wildman–Crippen MR) is 115 cm³/mol. The van der Waals surface area contributed by atoms with Crippen molar-refractivity contribution in [1.82, 2.24) is 9.97 Å². The standard InChI is InChI=1S/C21H18BrF3N4O3/c22-14-4-2-1-3-13(14)18(21(23,24)25)32-17-10-16(28-20(27)29-17)12-7-5-11(6-8-12)9-15(26)19(30)31/h1-8,10,15,18H,9,26H2,(H,30,31)(H2,27,28,29)/t15-,18?/m0/s1. The van der Waals surface area contributed by atoms with Crippen LogP contribution in [0.3, 0.4) is 0 Å². The van der Waals surface area contributed by atoms with Gasteiger partial charge in [0.25, 0.3) is 0 Å². The van der Waals surface area contributed by atoms with Gasteiger partial charge in [-0.1, -0.05) is 58.4 Å². The van der Waals surface area contributed by atoms with Gasteiger partial charge in [-0.25, -0.2) is 4.98 Å². The highest BCUT2D eigenvalue weighted by Crippen LogP contribution is 2.39. The van der Waals surface area contributed by atoms with E-state index in [1.165, 1.54) is 24.3 Å². The van der Waals surface area contributed by atoms with Crippen LogP contribution in [0.5, 0.6) is 5.88 Å². The SMILES string of the molecule is Nc1nc(OC(c2ccccc2Br)C(F)(F)F)cc(-c2ccc(C[C@H](N)C(=O)O)cc2)n1. The number of anilines is 1. The average Bonchev–Trinajstić information content (AvgIpc) is 2.72. The van der Waals surface area contributed by atoms with E-state index in [1.54, 1.807) is 30.3 Å². The van der Waals surface area contributed by atoms with E-state index in [0.717, 1.165) is 0 Å². The molecule has 168 valence electrons. The Labute approximate surface area is 189 Å². The number of hydrogen-bond acceptors (Lipinski definition) is 6. The first-order valence-electron chi connectivity index (χ1n) is 9.24. The summed E-state index contributed by atoms with van der Waals surface area (Å²) in [4.78, 5) is 18.7. The minimum atomic E-state index is -4.71. The van der Waals surface area contributed by atoms with Crippen LogP contribution in [0.25, 0.3) is 11.3 Å². The topological polar surface area (TPSA) is 124 Å². The Morgan fingerprint density at radius 1 is 1.12 bits per heavy atom. The number of nitrogen functional groups attached to an aromatic ring is 1. The molecule has 3 aromatic rings. The minimum Gasteiger partial charge on any atom is -0.480 e. The third-order valence-corrected chi connectivity index (χ3v) is 5.19. The summed E-state index contributed by atoms with van der Waals surface area (Å²) >= 11 is 3.12. The van der Waals surface area contributed by atoms with Gasteiger partial charge < -0.3 is 21.3 Å². The summed E-state index contributed by atoms with van der Waals surface area (Å²) in [5.41, 5.74) is 12.6. The summed E-state index contributed by atoms with van der Waals surface area (Å²) in [5, 5.41) is 8.91. The summed E-state index contributed by atoms with van der Waals surface area (Å²) in [6.45, 7) is 0. The first kappa shape index (κ1) is 23.5. The lowest BCUT2D eigenvalue weighted by atomic mass is 10.0. The lowest BCUT2D eigenvalue weighted by Gasteiger charge is -2.22. The van der Waals surface area contributed by atoms with Gasteiger partial charge in [0, 0.05) is 21.7 Å². The van der Waals surface area contributed by atoms with Crippen molar-refractivity contribution in [2.45, 2.75) is 24.7 Å². The first-order chi connectivity index (χ1) is 15.0. The molecule has 0 radical (unpaired) electrons. The van der Waals surface area contributed by atoms with Crippen LogP contribution >= 0.6 is 15.9 Å². The smallest absolute Gasteiger partial charge is 0.429 e. The van der Waals surface area contributed by atoms with Gasteiger partial charge in [0.2, 0.25) is 17.9 Å². The van der Waals surface area contributed by atoms with Crippen LogP contribution < -0.4 is 16.2 Å². The molecule has 0 aliphatic carbocycles. The fraction of sp³-hybridized carbons (Fsp3) is 0.190. The summed E-state index contributed by atoms with van der Waals surface area (Å²) in [6.07, 6.45) is -6.87. The number of aromatic nitrogens is 2. The summed E-state index contributed by atoms with van der Waals surface area (Å²) < 4.78 is 46.6. The zero-order valence-electron chi connectivity index (χ0n) is 16.4. The molecular weight excluding hydrogens is 493 g/mol. The summed E-state index contributed by atoms with van der Waals surface area (Å²) in [5.74, 6) is -1.73. The van der Waals surface area contributed by atoms with Crippen molar-refractivity contribution in [2.75, 3.05) is 5.73 Å². The van der Waals surface area contributed by atoms with Crippen molar-refractivity contribution in [3.05, 3.63) is 70.2 Å². The van der Waals surface area contributed by atoms with Crippen LogP contribution in [0.1, 0.15) is 17.2 Å². The molecule has 1 unspecified atom stereocenters. The van der Waals surface area contributed by atoms with E-state index in [0.29, 0.717) is 11.1 Å². The van der Waals surface area contributed by atoms with Crippen molar-refractivity contribution < 1.29 is 27.8 Å². The molecule has 0 amide bonds. The van der Waals surface area contributed by atoms with Crippen LogP contribution in [0, 0.1) is 0 Å². The fourth-order valence-corrected chi connectivity index (χ4v) is 3.41. The number of benzene rings is 2. The monoisotopic (exact) mass is 510 g/mol. The van der Waals surface area contributed by atoms with Crippen molar-refractivity contribution in [2.24, 2.45) is 5.73 Å². The Kier molecular flexibility index (Phi) is 6.99. The Hall–Kier alpha value is -3.18. The molecular formula is C21H18BrF3N4O3. The van der Waals surface area contributed by atoms with E-state index in [9.17, 15) is 18.0 Å². The lowest BCUT2D eigenvalue weighted by molar-refractivity contribution is -0.198. The maximum absolute atomic E-state index is 13.7. The molecule has 11 heteroatoms. The maximum Gasteiger partial charge on any atom is 0.429 e. The molecule has 5 N–H and O–H groups in total. The van der Waals surface area contributed by atoms with Gasteiger partial charge in [-0.3, -0.25) is 4.79 Å². The molecule has 0 aliphatic heterocycles. The largest absolute Gasteiger partial charge is 0.480 e. The van der Waals surface area contributed by atoms with Gasteiger partial charge in [-0.05, 0) is 18.1 Å². The maximum atomic E-state index is 13.7. The molecule has 0 bridgehead atoms. The number of halogens is 4. The van der Waals surface area contributed by atoms with E-state index in [-0.39, 0.29) is 34.0 Å². The van der Waals surface area contributed by atoms with Gasteiger partial charge in [0.05, 0.1) is 5.69 Å². The number of nitrogens with two attached hydrogens (primary N) is 2. The number of aliphatic carboxylic acids is 1. The molecule has 1 heterocycles. The molecule has 2 aromatic carbocycles. The normalized spacial score (nSPS) is 13.4.